The lowest BCUT2D eigenvalue weighted by Crippen LogP contribution is -2.34. The molecule has 0 radical (unpaired) electrons. The number of aryl methyl sites for hydroxylation is 1. The Balaban J connectivity index is 1.38. The van der Waals surface area contributed by atoms with E-state index in [2.05, 4.69) is 4.98 Å². The average Bonchev–Trinajstić information content (AvgIpc) is 3.40. The molecule has 2 fully saturated rings. The highest BCUT2D eigenvalue weighted by atomic mass is 19.1. The lowest BCUT2D eigenvalue weighted by molar-refractivity contribution is -0.150. The molecule has 4 aromatic rings. The van der Waals surface area contributed by atoms with Gasteiger partial charge in [0.15, 0.2) is 0 Å². The number of halogens is 4. The first-order valence-electron chi connectivity index (χ1n) is 16.0. The standard InChI is InChI=1S/C35H38F4N4O3/c1-3-45-35(44)26-7-5-4-6-25(26)34-41-31-9-8-24(46-20-32-30(39)14-21(2)18-40-32)17-33(31)43(34)19-27-28(37)15-23(16-29(27)38)42-12-10-22(36)11-13-42/h8-9,14-18,22,25-26H,3-7,10-13,19-20H2,1-2H3/t25-,26+/m0/s1. The van der Waals surface area contributed by atoms with Gasteiger partial charge in [-0.1, -0.05) is 12.8 Å². The molecule has 2 aliphatic rings. The molecule has 0 spiro atoms. The average molecular weight is 639 g/mol. The first-order chi connectivity index (χ1) is 22.2. The van der Waals surface area contributed by atoms with E-state index in [0.717, 1.165) is 12.8 Å². The summed E-state index contributed by atoms with van der Waals surface area (Å²) in [5.41, 5.74) is 2.21. The van der Waals surface area contributed by atoms with Gasteiger partial charge in [0.1, 0.15) is 47.5 Å². The number of hydrogen-bond acceptors (Lipinski definition) is 6. The van der Waals surface area contributed by atoms with Crippen LogP contribution in [0.1, 0.15) is 74.0 Å². The Hall–Kier alpha value is -4.15. The highest BCUT2D eigenvalue weighted by Crippen LogP contribution is 2.40. The van der Waals surface area contributed by atoms with E-state index in [4.69, 9.17) is 14.5 Å². The molecule has 1 saturated carbocycles. The van der Waals surface area contributed by atoms with Crippen LogP contribution in [0.4, 0.5) is 23.2 Å². The summed E-state index contributed by atoms with van der Waals surface area (Å²) in [6, 6.07) is 9.15. The van der Waals surface area contributed by atoms with Gasteiger partial charge in [-0.2, -0.15) is 0 Å². The third kappa shape index (κ3) is 6.69. The summed E-state index contributed by atoms with van der Waals surface area (Å²) in [4.78, 5) is 23.9. The molecular formula is C35H38F4N4O3. The van der Waals surface area contributed by atoms with Crippen LogP contribution < -0.4 is 9.64 Å². The monoisotopic (exact) mass is 638 g/mol. The number of benzene rings is 2. The van der Waals surface area contributed by atoms with Crippen LogP contribution in [-0.4, -0.2) is 46.4 Å². The molecule has 3 heterocycles. The number of nitrogens with zero attached hydrogens (tertiary/aromatic N) is 4. The van der Waals surface area contributed by atoms with Crippen LogP contribution in [-0.2, 0) is 22.7 Å². The van der Waals surface area contributed by atoms with Gasteiger partial charge in [-0.3, -0.25) is 9.78 Å². The normalized spacial score (nSPS) is 19.0. The van der Waals surface area contributed by atoms with E-state index >= 15 is 8.78 Å². The molecule has 0 N–H and O–H groups in total. The van der Waals surface area contributed by atoms with E-state index in [1.165, 1.54) is 18.2 Å². The van der Waals surface area contributed by atoms with Gasteiger partial charge in [-0.15, -0.1) is 0 Å². The van der Waals surface area contributed by atoms with Crippen molar-refractivity contribution in [2.75, 3.05) is 24.6 Å². The molecule has 0 amide bonds. The number of carbonyl (C=O) groups excluding carboxylic acids is 1. The van der Waals surface area contributed by atoms with Crippen molar-refractivity contribution in [3.63, 3.8) is 0 Å². The van der Waals surface area contributed by atoms with Crippen molar-refractivity contribution >= 4 is 22.7 Å². The zero-order valence-electron chi connectivity index (χ0n) is 26.1. The maximum absolute atomic E-state index is 15.8. The summed E-state index contributed by atoms with van der Waals surface area (Å²) in [5, 5.41) is 0. The number of esters is 1. The van der Waals surface area contributed by atoms with Crippen molar-refractivity contribution in [3.05, 3.63) is 82.7 Å². The number of anilines is 1. The molecule has 2 aromatic carbocycles. The van der Waals surface area contributed by atoms with Crippen LogP contribution in [0, 0.1) is 30.3 Å². The quantitative estimate of drug-likeness (QED) is 0.139. The van der Waals surface area contributed by atoms with E-state index in [1.54, 1.807) is 47.7 Å². The number of pyridine rings is 1. The molecule has 0 unspecified atom stereocenters. The largest absolute Gasteiger partial charge is 0.487 e. The minimum absolute atomic E-state index is 0.115. The summed E-state index contributed by atoms with van der Waals surface area (Å²) in [6.07, 6.45) is 4.33. The van der Waals surface area contributed by atoms with Gasteiger partial charge in [0.05, 0.1) is 30.1 Å². The second-order valence-electron chi connectivity index (χ2n) is 12.2. The second kappa shape index (κ2) is 13.7. The Bertz CT molecular complexity index is 1700. The summed E-state index contributed by atoms with van der Waals surface area (Å²) in [5.74, 6) is -2.02. The summed E-state index contributed by atoms with van der Waals surface area (Å²) >= 11 is 0. The number of hydrogen-bond donors (Lipinski definition) is 0. The molecule has 7 nitrogen and oxygen atoms in total. The predicted octanol–water partition coefficient (Wildman–Crippen LogP) is 7.56. The minimum atomic E-state index is -0.905. The number of fused-ring (bicyclic) bond motifs is 1. The van der Waals surface area contributed by atoms with Gasteiger partial charge in [0.2, 0.25) is 0 Å². The maximum atomic E-state index is 15.8. The number of ether oxygens (including phenoxy) is 2. The van der Waals surface area contributed by atoms with E-state index in [0.29, 0.717) is 72.6 Å². The zero-order valence-corrected chi connectivity index (χ0v) is 26.1. The van der Waals surface area contributed by atoms with E-state index in [1.807, 2.05) is 0 Å². The Morgan fingerprint density at radius 3 is 2.43 bits per heavy atom. The molecule has 1 aliphatic heterocycles. The molecule has 6 rings (SSSR count). The van der Waals surface area contributed by atoms with Crippen molar-refractivity contribution in [2.45, 2.75) is 77.6 Å². The van der Waals surface area contributed by atoms with E-state index < -0.39 is 29.5 Å². The van der Waals surface area contributed by atoms with Crippen molar-refractivity contribution < 1.29 is 31.8 Å². The molecule has 2 atom stereocenters. The van der Waals surface area contributed by atoms with E-state index in [-0.39, 0.29) is 42.9 Å². The number of imidazole rings is 1. The molecule has 1 aliphatic carbocycles. The van der Waals surface area contributed by atoms with Crippen molar-refractivity contribution in [1.82, 2.24) is 14.5 Å². The zero-order chi connectivity index (χ0) is 32.4. The van der Waals surface area contributed by atoms with Crippen LogP contribution in [0.25, 0.3) is 11.0 Å². The molecule has 11 heteroatoms. The van der Waals surface area contributed by atoms with Crippen LogP contribution in [0.15, 0.2) is 42.6 Å². The highest BCUT2D eigenvalue weighted by molar-refractivity contribution is 5.79. The van der Waals surface area contributed by atoms with Gasteiger partial charge in [-0.25, -0.2) is 22.5 Å². The summed E-state index contributed by atoms with van der Waals surface area (Å²) in [6.45, 7) is 4.24. The third-order valence-corrected chi connectivity index (χ3v) is 9.10. The van der Waals surface area contributed by atoms with Crippen LogP contribution in [0.2, 0.25) is 0 Å². The number of carbonyl (C=O) groups is 1. The lowest BCUT2D eigenvalue weighted by atomic mass is 9.78. The molecule has 2 aromatic heterocycles. The minimum Gasteiger partial charge on any atom is -0.487 e. The van der Waals surface area contributed by atoms with Gasteiger partial charge >= 0.3 is 5.97 Å². The SMILES string of the molecule is CCOC(=O)[C@@H]1CCCC[C@@H]1c1nc2ccc(OCc3ncc(C)cc3F)cc2n1Cc1c(F)cc(N2CCC(F)CC2)cc1F. The summed E-state index contributed by atoms with van der Waals surface area (Å²) in [7, 11) is 0. The fourth-order valence-electron chi connectivity index (χ4n) is 6.64. The highest BCUT2D eigenvalue weighted by Gasteiger charge is 2.37. The summed E-state index contributed by atoms with van der Waals surface area (Å²) < 4.78 is 72.7. The molecular weight excluding hydrogens is 600 g/mol. The third-order valence-electron chi connectivity index (χ3n) is 9.10. The van der Waals surface area contributed by atoms with Gasteiger partial charge in [-0.05, 0) is 75.4 Å². The Morgan fingerprint density at radius 2 is 1.72 bits per heavy atom. The fourth-order valence-corrected chi connectivity index (χ4v) is 6.64. The first-order valence-corrected chi connectivity index (χ1v) is 16.0. The predicted molar refractivity (Wildman–Crippen MR) is 166 cm³/mol. The van der Waals surface area contributed by atoms with Gasteiger partial charge in [0.25, 0.3) is 0 Å². The number of alkyl halides is 1. The fraction of sp³-hybridized carbons (Fsp3) is 0.457. The lowest BCUT2D eigenvalue weighted by Gasteiger charge is -2.31. The maximum Gasteiger partial charge on any atom is 0.309 e. The van der Waals surface area contributed by atoms with E-state index in [9.17, 15) is 13.6 Å². The Morgan fingerprint density at radius 1 is 0.978 bits per heavy atom. The van der Waals surface area contributed by atoms with Crippen LogP contribution in [0.5, 0.6) is 5.75 Å². The Labute approximate surface area is 265 Å². The van der Waals surface area contributed by atoms with Crippen molar-refractivity contribution in [3.8, 4) is 5.75 Å². The smallest absolute Gasteiger partial charge is 0.309 e. The molecule has 244 valence electrons. The number of rotatable bonds is 9. The molecule has 0 bridgehead atoms. The van der Waals surface area contributed by atoms with Gasteiger partial charge in [0, 0.05) is 42.5 Å². The van der Waals surface area contributed by atoms with Crippen molar-refractivity contribution in [2.24, 2.45) is 5.92 Å². The van der Waals surface area contributed by atoms with Crippen molar-refractivity contribution in [1.29, 1.82) is 0 Å². The second-order valence-corrected chi connectivity index (χ2v) is 12.2. The van der Waals surface area contributed by atoms with Crippen LogP contribution >= 0.6 is 0 Å². The first kappa shape index (κ1) is 31.8. The van der Waals surface area contributed by atoms with Crippen LogP contribution in [0.3, 0.4) is 0 Å². The number of aromatic nitrogens is 3. The van der Waals surface area contributed by atoms with Gasteiger partial charge < -0.3 is 18.9 Å². The molecule has 1 saturated heterocycles. The molecule has 46 heavy (non-hydrogen) atoms. The Kier molecular flexibility index (Phi) is 9.47. The topological polar surface area (TPSA) is 69.5 Å². The number of piperidine rings is 1.